The third kappa shape index (κ3) is 4.55. The largest absolute Gasteiger partial charge is 0.494 e. The van der Waals surface area contributed by atoms with Gasteiger partial charge < -0.3 is 14.2 Å². The molecule has 1 atom stereocenters. The predicted octanol–water partition coefficient (Wildman–Crippen LogP) is 3.72. The smallest absolute Gasteiger partial charge is 0.326 e. The van der Waals surface area contributed by atoms with Crippen LogP contribution in [0.15, 0.2) is 29.1 Å². The number of carbonyl (C=O) groups is 1. The number of rotatable bonds is 8. The molecule has 1 unspecified atom stereocenters. The van der Waals surface area contributed by atoms with Crippen LogP contribution >= 0.6 is 11.3 Å². The van der Waals surface area contributed by atoms with Crippen molar-refractivity contribution in [1.82, 2.24) is 9.55 Å². The van der Waals surface area contributed by atoms with Crippen molar-refractivity contribution in [2.45, 2.75) is 40.3 Å². The first kappa shape index (κ1) is 22.0. The molecule has 2 heterocycles. The zero-order chi connectivity index (χ0) is 21.8. The second kappa shape index (κ2) is 9.40. The number of carbonyl (C=O) groups excluding carboxylic acids is 1. The Bertz CT molecular complexity index is 1100. The normalized spacial score (nSPS) is 12.2. The topological polar surface area (TPSA) is 79.7 Å². The molecular formula is C22H26N2O5S. The van der Waals surface area contributed by atoms with Gasteiger partial charge in [0.05, 0.1) is 18.6 Å². The fourth-order valence-corrected chi connectivity index (χ4v) is 4.46. The van der Waals surface area contributed by atoms with Crippen LogP contribution in [-0.2, 0) is 20.8 Å². The van der Waals surface area contributed by atoms with E-state index in [0.717, 1.165) is 21.8 Å². The minimum absolute atomic E-state index is 0.195. The van der Waals surface area contributed by atoms with E-state index in [0.29, 0.717) is 29.3 Å². The number of nitrogens with zero attached hydrogens (tertiary/aromatic N) is 2. The van der Waals surface area contributed by atoms with Crippen LogP contribution < -0.4 is 10.3 Å². The van der Waals surface area contributed by atoms with Crippen molar-refractivity contribution < 1.29 is 19.0 Å². The molecule has 1 aromatic carbocycles. The number of methoxy groups -OCH3 is 1. The molecule has 0 aliphatic heterocycles. The maximum absolute atomic E-state index is 13.3. The van der Waals surface area contributed by atoms with Gasteiger partial charge in [0.2, 0.25) is 0 Å². The number of aromatic nitrogens is 2. The quantitative estimate of drug-likeness (QED) is 0.507. The second-order valence-corrected chi connectivity index (χ2v) is 8.18. The Morgan fingerprint density at radius 1 is 1.23 bits per heavy atom. The van der Waals surface area contributed by atoms with Gasteiger partial charge in [-0.1, -0.05) is 12.1 Å². The molecule has 0 fully saturated rings. The number of aryl methyl sites for hydroxylation is 2. The SMILES string of the molecule is CCOc1ccc(-c2c(C)sc3nc(C)n(CC(=O)OC(C)COC)c(=O)c23)cc1. The summed E-state index contributed by atoms with van der Waals surface area (Å²) in [6, 6.07) is 7.64. The molecule has 30 heavy (non-hydrogen) atoms. The van der Waals surface area contributed by atoms with E-state index in [1.54, 1.807) is 13.8 Å². The predicted molar refractivity (Wildman–Crippen MR) is 117 cm³/mol. The summed E-state index contributed by atoms with van der Waals surface area (Å²) in [5, 5.41) is 0.519. The molecule has 0 amide bonds. The second-order valence-electron chi connectivity index (χ2n) is 6.98. The van der Waals surface area contributed by atoms with Crippen LogP contribution in [0.2, 0.25) is 0 Å². The van der Waals surface area contributed by atoms with Gasteiger partial charge in [-0.3, -0.25) is 14.2 Å². The van der Waals surface area contributed by atoms with Crippen LogP contribution in [0, 0.1) is 13.8 Å². The maximum Gasteiger partial charge on any atom is 0.326 e. The van der Waals surface area contributed by atoms with E-state index in [9.17, 15) is 9.59 Å². The summed E-state index contributed by atoms with van der Waals surface area (Å²) in [6.07, 6.45) is -0.391. The molecule has 0 bridgehead atoms. The summed E-state index contributed by atoms with van der Waals surface area (Å²) in [7, 11) is 1.54. The van der Waals surface area contributed by atoms with E-state index in [2.05, 4.69) is 4.98 Å². The zero-order valence-electron chi connectivity index (χ0n) is 17.9. The van der Waals surface area contributed by atoms with Gasteiger partial charge in [0.25, 0.3) is 5.56 Å². The van der Waals surface area contributed by atoms with Crippen molar-refractivity contribution in [3.63, 3.8) is 0 Å². The standard InChI is InChI=1S/C22H26N2O5S/c1-6-28-17-9-7-16(8-10-17)19-14(3)30-21-20(19)22(26)24(15(4)23-21)11-18(25)29-13(2)12-27-5/h7-10,13H,6,11-12H2,1-5H3. The summed E-state index contributed by atoms with van der Waals surface area (Å²) in [5.74, 6) is 0.751. The van der Waals surface area contributed by atoms with E-state index < -0.39 is 12.1 Å². The number of ether oxygens (including phenoxy) is 3. The van der Waals surface area contributed by atoms with E-state index in [4.69, 9.17) is 14.2 Å². The van der Waals surface area contributed by atoms with Gasteiger partial charge >= 0.3 is 5.97 Å². The highest BCUT2D eigenvalue weighted by Gasteiger charge is 2.20. The molecule has 2 aromatic heterocycles. The highest BCUT2D eigenvalue weighted by molar-refractivity contribution is 7.19. The van der Waals surface area contributed by atoms with Crippen LogP contribution in [0.25, 0.3) is 21.3 Å². The lowest BCUT2D eigenvalue weighted by Gasteiger charge is -2.14. The zero-order valence-corrected chi connectivity index (χ0v) is 18.7. The van der Waals surface area contributed by atoms with E-state index >= 15 is 0 Å². The van der Waals surface area contributed by atoms with Crippen LogP contribution in [0.5, 0.6) is 5.75 Å². The van der Waals surface area contributed by atoms with E-state index in [1.807, 2.05) is 38.1 Å². The van der Waals surface area contributed by atoms with Gasteiger partial charge in [0.15, 0.2) is 0 Å². The molecule has 7 nitrogen and oxygen atoms in total. The van der Waals surface area contributed by atoms with Gasteiger partial charge in [-0.05, 0) is 45.4 Å². The van der Waals surface area contributed by atoms with Crippen molar-refractivity contribution in [1.29, 1.82) is 0 Å². The van der Waals surface area contributed by atoms with E-state index in [-0.39, 0.29) is 12.1 Å². The number of hydrogen-bond acceptors (Lipinski definition) is 7. The Balaban J connectivity index is 2.02. The van der Waals surface area contributed by atoms with Gasteiger partial charge in [0, 0.05) is 17.6 Å². The van der Waals surface area contributed by atoms with Crippen molar-refractivity contribution in [3.05, 3.63) is 45.3 Å². The monoisotopic (exact) mass is 430 g/mol. The van der Waals surface area contributed by atoms with Crippen molar-refractivity contribution in [2.75, 3.05) is 20.3 Å². The fourth-order valence-electron chi connectivity index (χ4n) is 3.37. The molecule has 160 valence electrons. The first-order chi connectivity index (χ1) is 14.3. The fraction of sp³-hybridized carbons (Fsp3) is 0.409. The Kier molecular flexibility index (Phi) is 6.89. The summed E-state index contributed by atoms with van der Waals surface area (Å²) < 4.78 is 17.2. The molecule has 8 heteroatoms. The van der Waals surface area contributed by atoms with Crippen LogP contribution in [0.3, 0.4) is 0 Å². The van der Waals surface area contributed by atoms with Crippen LogP contribution in [0.4, 0.5) is 0 Å². The molecule has 0 N–H and O–H groups in total. The van der Waals surface area contributed by atoms with Crippen LogP contribution in [-0.4, -0.2) is 41.9 Å². The molecule has 3 rings (SSSR count). The van der Waals surface area contributed by atoms with Gasteiger partial charge in [-0.25, -0.2) is 4.98 Å². The third-order valence-electron chi connectivity index (χ3n) is 4.65. The Labute approximate surface area is 179 Å². The molecular weight excluding hydrogens is 404 g/mol. The number of benzene rings is 1. The van der Waals surface area contributed by atoms with Gasteiger partial charge in [-0.15, -0.1) is 11.3 Å². The Morgan fingerprint density at radius 2 is 1.93 bits per heavy atom. The number of fused-ring (bicyclic) bond motifs is 1. The van der Waals surface area contributed by atoms with Crippen LogP contribution in [0.1, 0.15) is 24.5 Å². The molecule has 0 saturated heterocycles. The van der Waals surface area contributed by atoms with E-state index in [1.165, 1.54) is 23.0 Å². The Hall–Kier alpha value is -2.71. The Morgan fingerprint density at radius 3 is 2.57 bits per heavy atom. The molecule has 0 saturated carbocycles. The lowest BCUT2D eigenvalue weighted by atomic mass is 10.0. The van der Waals surface area contributed by atoms with Crippen molar-refractivity contribution in [3.8, 4) is 16.9 Å². The minimum atomic E-state index is -0.500. The first-order valence-corrected chi connectivity index (χ1v) is 10.6. The van der Waals surface area contributed by atoms with Crippen molar-refractivity contribution >= 4 is 27.5 Å². The average molecular weight is 431 g/mol. The molecule has 0 aliphatic carbocycles. The number of esters is 1. The highest BCUT2D eigenvalue weighted by Crippen LogP contribution is 2.36. The lowest BCUT2D eigenvalue weighted by molar-refractivity contribution is -0.151. The average Bonchev–Trinajstić information content (AvgIpc) is 3.02. The third-order valence-corrected chi connectivity index (χ3v) is 5.65. The molecule has 3 aromatic rings. The van der Waals surface area contributed by atoms with Gasteiger partial charge in [0.1, 0.15) is 29.1 Å². The highest BCUT2D eigenvalue weighted by atomic mass is 32.1. The minimum Gasteiger partial charge on any atom is -0.494 e. The molecule has 0 spiro atoms. The molecule has 0 radical (unpaired) electrons. The number of hydrogen-bond donors (Lipinski definition) is 0. The summed E-state index contributed by atoms with van der Waals surface area (Å²) in [6.45, 7) is 8.05. The van der Waals surface area contributed by atoms with Gasteiger partial charge in [-0.2, -0.15) is 0 Å². The summed E-state index contributed by atoms with van der Waals surface area (Å²) in [4.78, 5) is 31.9. The summed E-state index contributed by atoms with van der Waals surface area (Å²) >= 11 is 1.47. The summed E-state index contributed by atoms with van der Waals surface area (Å²) in [5.41, 5.74) is 1.50. The van der Waals surface area contributed by atoms with Crippen molar-refractivity contribution in [2.24, 2.45) is 0 Å². The maximum atomic E-state index is 13.3. The first-order valence-electron chi connectivity index (χ1n) is 9.77. The number of thiophene rings is 1. The lowest BCUT2D eigenvalue weighted by Crippen LogP contribution is -2.30. The molecule has 0 aliphatic rings.